The maximum atomic E-state index is 12.2. The highest BCUT2D eigenvalue weighted by atomic mass is 16.3. The summed E-state index contributed by atoms with van der Waals surface area (Å²) in [6, 6.07) is 12.3. The highest BCUT2D eigenvalue weighted by molar-refractivity contribution is 6.00. The number of carbonyl (C=O) groups is 2. The molecule has 294 valence electrons. The van der Waals surface area contributed by atoms with Crippen molar-refractivity contribution in [2.45, 2.75) is 32.9 Å². The molecule has 2 atom stereocenters. The largest absolute Gasteiger partial charge is 0.505 e. The predicted octanol–water partition coefficient (Wildman–Crippen LogP) is 5.35. The monoisotopic (exact) mass is 757 g/mol. The molecule has 4 aromatic carbocycles. The molecule has 0 saturated carbocycles. The summed E-state index contributed by atoms with van der Waals surface area (Å²) in [5.74, 6) is -1.33. The molecule has 0 radical (unpaired) electrons. The third kappa shape index (κ3) is 8.62. The van der Waals surface area contributed by atoms with Crippen LogP contribution in [0.25, 0.3) is 0 Å². The molecular weight excluding hydrogens is 706 g/mol. The van der Waals surface area contributed by atoms with Crippen molar-refractivity contribution in [3.05, 3.63) is 143 Å². The Labute approximate surface area is 322 Å². The summed E-state index contributed by atoms with van der Waals surface area (Å²) in [4.78, 5) is 79.0. The van der Waals surface area contributed by atoms with Gasteiger partial charge in [-0.25, -0.2) is 0 Å². The molecule has 0 saturated heterocycles. The summed E-state index contributed by atoms with van der Waals surface area (Å²) in [6.45, 7) is 9.25. The fourth-order valence-corrected chi connectivity index (χ4v) is 5.48. The predicted molar refractivity (Wildman–Crippen MR) is 223 cm³/mol. The number of para-hydroxylation sites is 2. The van der Waals surface area contributed by atoms with Gasteiger partial charge in [-0.1, -0.05) is 30.9 Å². The minimum absolute atomic E-state index is 0. The van der Waals surface area contributed by atoms with Gasteiger partial charge in [-0.15, -0.1) is 0 Å². The van der Waals surface area contributed by atoms with E-state index in [1.807, 2.05) is 26.8 Å². The van der Waals surface area contributed by atoms with E-state index in [0.29, 0.717) is 0 Å². The second kappa shape index (κ2) is 17.2. The van der Waals surface area contributed by atoms with Crippen molar-refractivity contribution in [3.8, 4) is 11.5 Å². The summed E-state index contributed by atoms with van der Waals surface area (Å²) >= 11 is 0. The molecule has 0 aliphatic carbocycles. The molecule has 1 aromatic heterocycles. The van der Waals surface area contributed by atoms with Crippen molar-refractivity contribution in [2.75, 3.05) is 49.5 Å². The van der Waals surface area contributed by atoms with Crippen LogP contribution in [-0.4, -0.2) is 71.0 Å². The molecule has 6 N–H and O–H groups in total. The summed E-state index contributed by atoms with van der Waals surface area (Å²) in [5, 5.41) is 32.4. The van der Waals surface area contributed by atoms with Gasteiger partial charge < -0.3 is 41.3 Å². The molecule has 5 aromatic rings. The first-order valence-electron chi connectivity index (χ1n) is 17.0. The van der Waals surface area contributed by atoms with Gasteiger partial charge in [0.2, 0.25) is 0 Å². The van der Waals surface area contributed by atoms with E-state index >= 15 is 0 Å². The van der Waals surface area contributed by atoms with Crippen LogP contribution in [0.1, 0.15) is 58.8 Å². The molecule has 0 fully saturated rings. The Balaban J connectivity index is 0.00000107. The smallest absolute Gasteiger partial charge is 0.257 e. The lowest BCUT2D eigenvalue weighted by Gasteiger charge is -2.21. The molecule has 15 heteroatoms. The lowest BCUT2D eigenvalue weighted by Crippen LogP contribution is -2.38. The third-order valence-corrected chi connectivity index (χ3v) is 8.68. The summed E-state index contributed by atoms with van der Waals surface area (Å²) in [7, 11) is 6.28. The van der Waals surface area contributed by atoms with Gasteiger partial charge in [0.25, 0.3) is 33.5 Å². The number of allylic oxidation sites excluding steroid dienone is 1. The Morgan fingerprint density at radius 2 is 1.13 bits per heavy atom. The number of rotatable bonds is 13. The van der Waals surface area contributed by atoms with E-state index in [0.717, 1.165) is 11.1 Å². The minimum Gasteiger partial charge on any atom is -0.505 e. The number of amides is 2. The molecule has 2 unspecified atom stereocenters. The van der Waals surface area contributed by atoms with Gasteiger partial charge in [0, 0.05) is 58.4 Å². The van der Waals surface area contributed by atoms with Crippen molar-refractivity contribution >= 4 is 45.9 Å². The number of aromatic nitrogens is 1. The topological polar surface area (TPSA) is 210 Å². The molecule has 0 bridgehead atoms. The third-order valence-electron chi connectivity index (χ3n) is 8.68. The first-order chi connectivity index (χ1) is 26.0. The van der Waals surface area contributed by atoms with Gasteiger partial charge in [0.05, 0.1) is 22.5 Å². The van der Waals surface area contributed by atoms with Gasteiger partial charge in [-0.2, -0.15) is 0 Å². The quantitative estimate of drug-likeness (QED) is 0.0509. The maximum Gasteiger partial charge on any atom is 0.257 e. The van der Waals surface area contributed by atoms with Crippen LogP contribution in [-0.2, 0) is 0 Å². The van der Waals surface area contributed by atoms with E-state index in [1.165, 1.54) is 34.1 Å². The Kier molecular flexibility index (Phi) is 12.7. The number of phenolic OH excluding ortho intramolecular Hbond substituents is 2. The molecular formula is C40H51N7O8. The average Bonchev–Trinajstić information content (AvgIpc) is 3.18. The zero-order valence-corrected chi connectivity index (χ0v) is 31.5. The summed E-state index contributed by atoms with van der Waals surface area (Å²) in [5.41, 5.74) is 0.0188. The van der Waals surface area contributed by atoms with Crippen molar-refractivity contribution in [2.24, 2.45) is 0 Å². The number of carbonyl (C=O) groups excluding carboxylic acids is 2. The fourth-order valence-electron chi connectivity index (χ4n) is 5.48. The molecule has 15 nitrogen and oxygen atoms in total. The van der Waals surface area contributed by atoms with Crippen molar-refractivity contribution in [1.29, 1.82) is 0 Å². The van der Waals surface area contributed by atoms with E-state index in [4.69, 9.17) is 0 Å². The van der Waals surface area contributed by atoms with E-state index in [-0.39, 0.29) is 86.4 Å². The summed E-state index contributed by atoms with van der Waals surface area (Å²) < 4.78 is 0. The second-order valence-electron chi connectivity index (χ2n) is 12.9. The number of hydrogen-bond acceptors (Lipinski definition) is 13. The van der Waals surface area contributed by atoms with Crippen LogP contribution >= 0.6 is 0 Å². The zero-order valence-electron chi connectivity index (χ0n) is 31.5. The number of phenols is 2. The van der Waals surface area contributed by atoms with Gasteiger partial charge in [0.1, 0.15) is 22.7 Å². The van der Waals surface area contributed by atoms with Crippen LogP contribution in [0.15, 0.2) is 104 Å². The standard InChI is InChI=1S/C20H20N4O4.C20H23N3O4.4H2/c1-11(12-7-9-21-10-8-12)22-15-16(19(27)18(15)26)23-14-6-4-5-13(17(14)25)20(28)24(2)3;1-6-12(7-2)11(3)21-15-16(19(26)18(15)25)22-14-10-8-9-13(17(14)24)20(27)23(4)5;;;;/h4-11,22-23,25H,1-3H3;6-11,21-22,24H,1H2,2-5H3;4*1H/b;12-7+;;;;. The Bertz CT molecular complexity index is 2420. The number of aromatic hydroxyl groups is 2. The highest BCUT2D eigenvalue weighted by Gasteiger charge is 2.26. The van der Waals surface area contributed by atoms with Gasteiger partial charge >= 0.3 is 0 Å². The second-order valence-corrected chi connectivity index (χ2v) is 12.9. The molecule has 55 heavy (non-hydrogen) atoms. The average molecular weight is 758 g/mol. The fraction of sp³-hybridized carbons (Fsp3) is 0.225. The van der Waals surface area contributed by atoms with Gasteiger partial charge in [0.15, 0.2) is 11.5 Å². The number of nitrogens with zero attached hydrogens (tertiary/aromatic N) is 3. The van der Waals surface area contributed by atoms with Crippen LogP contribution in [0.3, 0.4) is 0 Å². The van der Waals surface area contributed by atoms with Crippen LogP contribution in [0, 0.1) is 0 Å². The first kappa shape index (κ1) is 40.7. The van der Waals surface area contributed by atoms with Crippen molar-refractivity contribution < 1.29 is 25.5 Å². The molecule has 0 aliphatic heterocycles. The number of benzene rings is 2. The molecule has 1 heterocycles. The SMILES string of the molecule is C=C/C(=C\C)C(C)Nc1c(Nc2cccc(C(=O)N(C)C)c2O)c(=O)c1=O.CC(Nc1c(Nc2cccc(C(=O)N(C)C)c2O)c(=O)c1=O)c1ccncc1.[HH].[HH].[HH].[HH]. The van der Waals surface area contributed by atoms with E-state index < -0.39 is 21.7 Å². The van der Waals surface area contributed by atoms with Crippen molar-refractivity contribution in [3.63, 3.8) is 0 Å². The number of pyridine rings is 1. The maximum absolute atomic E-state index is 12.2. The number of nitrogens with one attached hydrogen (secondary N) is 4. The first-order valence-corrected chi connectivity index (χ1v) is 17.0. The van der Waals surface area contributed by atoms with Gasteiger partial charge in [-0.3, -0.25) is 33.8 Å². The van der Waals surface area contributed by atoms with Crippen LogP contribution in [0.5, 0.6) is 11.5 Å². The number of anilines is 6. The lowest BCUT2D eigenvalue weighted by atomic mass is 10.1. The number of hydrogen-bond donors (Lipinski definition) is 6. The Hall–Kier alpha value is -7.03. The van der Waals surface area contributed by atoms with E-state index in [1.54, 1.807) is 70.9 Å². The molecule has 5 rings (SSSR count). The normalized spacial score (nSPS) is 12.2. The Morgan fingerprint density at radius 1 is 0.709 bits per heavy atom. The minimum atomic E-state index is -0.687. The Morgan fingerprint density at radius 3 is 1.53 bits per heavy atom. The van der Waals surface area contributed by atoms with E-state index in [2.05, 4.69) is 32.8 Å². The molecule has 2 amide bonds. The summed E-state index contributed by atoms with van der Waals surface area (Å²) in [6.07, 6.45) is 6.80. The molecule has 0 spiro atoms. The highest BCUT2D eigenvalue weighted by Crippen LogP contribution is 2.34. The zero-order chi connectivity index (χ0) is 40.7. The van der Waals surface area contributed by atoms with Crippen LogP contribution < -0.4 is 43.0 Å². The molecule has 0 aliphatic rings. The van der Waals surface area contributed by atoms with E-state index in [9.17, 15) is 39.0 Å². The van der Waals surface area contributed by atoms with Crippen LogP contribution in [0.4, 0.5) is 34.1 Å². The lowest BCUT2D eigenvalue weighted by molar-refractivity contribution is 0.0817. The van der Waals surface area contributed by atoms with Crippen LogP contribution in [0.2, 0.25) is 0 Å². The van der Waals surface area contributed by atoms with Crippen molar-refractivity contribution in [1.82, 2.24) is 14.8 Å². The van der Waals surface area contributed by atoms with Gasteiger partial charge in [-0.05, 0) is 68.3 Å².